The second kappa shape index (κ2) is 8.49. The number of unbranched alkanes of at least 4 members (excludes halogenated alkanes) is 2. The summed E-state index contributed by atoms with van der Waals surface area (Å²) in [7, 11) is 0. The average molecular weight is 247 g/mol. The van der Waals surface area contributed by atoms with E-state index in [1.54, 1.807) is 0 Å². The molecule has 0 saturated heterocycles. The van der Waals surface area contributed by atoms with Gasteiger partial charge in [-0.3, -0.25) is 4.79 Å². The van der Waals surface area contributed by atoms with Crippen molar-refractivity contribution < 1.29 is 4.79 Å². The van der Waals surface area contributed by atoms with Crippen LogP contribution in [0.1, 0.15) is 39.5 Å². The predicted molar refractivity (Wildman–Crippen MR) is 61.2 cm³/mol. The Balaban J connectivity index is 3.22. The summed E-state index contributed by atoms with van der Waals surface area (Å²) in [5.74, 6) is 0.956. The van der Waals surface area contributed by atoms with Crippen molar-refractivity contribution >= 4 is 21.7 Å². The lowest BCUT2D eigenvalue weighted by molar-refractivity contribution is -0.116. The van der Waals surface area contributed by atoms with E-state index in [2.05, 4.69) is 41.9 Å². The van der Waals surface area contributed by atoms with Gasteiger partial charge in [-0.15, -0.1) is 0 Å². The van der Waals surface area contributed by atoms with Crippen LogP contribution in [0.5, 0.6) is 0 Å². The van der Waals surface area contributed by atoms with Crippen LogP contribution in [0.15, 0.2) is 12.2 Å². The van der Waals surface area contributed by atoms with E-state index in [1.807, 2.05) is 0 Å². The number of carbonyl (C=O) groups is 1. The van der Waals surface area contributed by atoms with Gasteiger partial charge in [-0.05, 0) is 25.2 Å². The number of alkyl halides is 1. The molecular weight excluding hydrogens is 228 g/mol. The second-order valence-electron chi connectivity index (χ2n) is 3.59. The lowest BCUT2D eigenvalue weighted by Crippen LogP contribution is -1.97. The normalized spacial score (nSPS) is 11.4. The molecule has 2 heteroatoms. The van der Waals surface area contributed by atoms with Crippen molar-refractivity contribution in [3.63, 3.8) is 0 Å². The van der Waals surface area contributed by atoms with E-state index < -0.39 is 0 Å². The number of rotatable bonds is 7. The number of halogens is 1. The molecule has 0 aromatic rings. The van der Waals surface area contributed by atoms with Crippen LogP contribution in [0.25, 0.3) is 0 Å². The highest BCUT2D eigenvalue weighted by atomic mass is 79.9. The van der Waals surface area contributed by atoms with Crippen LogP contribution in [0.4, 0.5) is 0 Å². The molecule has 0 radical (unpaired) electrons. The molecule has 0 aliphatic rings. The van der Waals surface area contributed by atoms with E-state index in [0.717, 1.165) is 25.7 Å². The fraction of sp³-hybridized carbons (Fsp3) is 0.727. The molecular formula is C11H19BrO. The summed E-state index contributed by atoms with van der Waals surface area (Å²) >= 11 is 3.15. The minimum Gasteiger partial charge on any atom is -0.299 e. The van der Waals surface area contributed by atoms with Gasteiger partial charge in [-0.2, -0.15) is 0 Å². The summed E-state index contributed by atoms with van der Waals surface area (Å²) in [6.07, 6.45) is 8.40. The first-order valence-corrected chi connectivity index (χ1v) is 6.03. The Hall–Kier alpha value is -0.110. The van der Waals surface area contributed by atoms with Crippen molar-refractivity contribution in [2.45, 2.75) is 39.5 Å². The molecule has 13 heavy (non-hydrogen) atoms. The van der Waals surface area contributed by atoms with E-state index >= 15 is 0 Å². The molecule has 0 bridgehead atoms. The first kappa shape index (κ1) is 12.9. The minimum absolute atomic E-state index is 0.313. The number of ketones is 1. The molecule has 76 valence electrons. The van der Waals surface area contributed by atoms with Gasteiger partial charge in [0.05, 0.1) is 5.33 Å². The maximum absolute atomic E-state index is 10.9. The highest BCUT2D eigenvalue weighted by molar-refractivity contribution is 9.09. The molecule has 0 amide bonds. The highest BCUT2D eigenvalue weighted by Gasteiger charge is 1.97. The number of hydrogen-bond donors (Lipinski definition) is 0. The van der Waals surface area contributed by atoms with Crippen LogP contribution in [-0.2, 0) is 4.79 Å². The average Bonchev–Trinajstić information content (AvgIpc) is 2.10. The predicted octanol–water partition coefficient (Wildman–Crippen LogP) is 3.72. The summed E-state index contributed by atoms with van der Waals surface area (Å²) in [5.41, 5.74) is 0. The molecule has 0 heterocycles. The first-order valence-electron chi connectivity index (χ1n) is 4.91. The van der Waals surface area contributed by atoms with E-state index in [9.17, 15) is 4.79 Å². The molecule has 0 fully saturated rings. The van der Waals surface area contributed by atoms with E-state index in [-0.39, 0.29) is 0 Å². The van der Waals surface area contributed by atoms with E-state index in [4.69, 9.17) is 0 Å². The van der Waals surface area contributed by atoms with E-state index in [1.165, 1.54) is 0 Å². The zero-order valence-corrected chi connectivity index (χ0v) is 10.1. The van der Waals surface area contributed by atoms with Gasteiger partial charge >= 0.3 is 0 Å². The van der Waals surface area contributed by atoms with Gasteiger partial charge in [0.15, 0.2) is 0 Å². The minimum atomic E-state index is 0.313. The maximum atomic E-state index is 10.9. The van der Waals surface area contributed by atoms with Crippen LogP contribution in [0.2, 0.25) is 0 Å². The van der Waals surface area contributed by atoms with Crippen LogP contribution < -0.4 is 0 Å². The molecule has 0 aromatic carbocycles. The standard InChI is InChI=1S/C11H19BrO/c1-10(2)7-5-3-4-6-8-11(13)9-12/h5,7,10H,3-4,6,8-9H2,1-2H3/b7-5+. The summed E-state index contributed by atoms with van der Waals surface area (Å²) in [6.45, 7) is 4.34. The third kappa shape index (κ3) is 9.81. The molecule has 0 rings (SSSR count). The number of carbonyl (C=O) groups excluding carboxylic acids is 1. The molecule has 0 N–H and O–H groups in total. The van der Waals surface area contributed by atoms with E-state index in [0.29, 0.717) is 17.0 Å². The van der Waals surface area contributed by atoms with Gasteiger partial charge in [0.1, 0.15) is 5.78 Å². The van der Waals surface area contributed by atoms with Gasteiger partial charge in [0, 0.05) is 6.42 Å². The summed E-state index contributed by atoms with van der Waals surface area (Å²) in [4.78, 5) is 10.9. The molecule has 0 unspecified atom stereocenters. The van der Waals surface area contributed by atoms with Gasteiger partial charge < -0.3 is 0 Å². The number of allylic oxidation sites excluding steroid dienone is 2. The SMILES string of the molecule is CC(C)/C=C/CCCCC(=O)CBr. The third-order valence-electron chi connectivity index (χ3n) is 1.75. The lowest BCUT2D eigenvalue weighted by Gasteiger charge is -1.96. The molecule has 0 aromatic heterocycles. The first-order chi connectivity index (χ1) is 6.16. The largest absolute Gasteiger partial charge is 0.299 e. The molecule has 0 atom stereocenters. The Bertz CT molecular complexity index is 161. The van der Waals surface area contributed by atoms with Crippen molar-refractivity contribution in [3.05, 3.63) is 12.2 Å². The second-order valence-corrected chi connectivity index (χ2v) is 4.15. The summed E-state index contributed by atoms with van der Waals surface area (Å²) < 4.78 is 0. The summed E-state index contributed by atoms with van der Waals surface area (Å²) in [6, 6.07) is 0. The number of Topliss-reactive ketones (excluding diaryl/α,β-unsaturated/α-hetero) is 1. The lowest BCUT2D eigenvalue weighted by atomic mass is 10.1. The van der Waals surface area contributed by atoms with Crippen LogP contribution in [-0.4, -0.2) is 11.1 Å². The Morgan fingerprint density at radius 1 is 1.38 bits per heavy atom. The maximum Gasteiger partial charge on any atom is 0.143 e. The fourth-order valence-electron chi connectivity index (χ4n) is 1.02. The van der Waals surface area contributed by atoms with Crippen LogP contribution in [0.3, 0.4) is 0 Å². The molecule has 0 aliphatic heterocycles. The topological polar surface area (TPSA) is 17.1 Å². The van der Waals surface area contributed by atoms with Crippen molar-refractivity contribution in [3.8, 4) is 0 Å². The van der Waals surface area contributed by atoms with Crippen LogP contribution in [0, 0.1) is 5.92 Å². The van der Waals surface area contributed by atoms with Gasteiger partial charge in [0.25, 0.3) is 0 Å². The van der Waals surface area contributed by atoms with Crippen molar-refractivity contribution in [2.24, 2.45) is 5.92 Å². The Morgan fingerprint density at radius 3 is 2.62 bits per heavy atom. The summed E-state index contributed by atoms with van der Waals surface area (Å²) in [5, 5.41) is 0.509. The fourth-order valence-corrected chi connectivity index (χ4v) is 1.30. The zero-order valence-electron chi connectivity index (χ0n) is 8.55. The highest BCUT2D eigenvalue weighted by Crippen LogP contribution is 2.04. The Kier molecular flexibility index (Phi) is 8.41. The van der Waals surface area contributed by atoms with Crippen molar-refractivity contribution in [2.75, 3.05) is 5.33 Å². The third-order valence-corrected chi connectivity index (χ3v) is 2.37. The monoisotopic (exact) mass is 246 g/mol. The molecule has 0 saturated carbocycles. The van der Waals surface area contributed by atoms with Crippen molar-refractivity contribution in [1.29, 1.82) is 0 Å². The van der Waals surface area contributed by atoms with Gasteiger partial charge in [0.2, 0.25) is 0 Å². The Morgan fingerprint density at radius 2 is 2.08 bits per heavy atom. The van der Waals surface area contributed by atoms with Gasteiger partial charge in [-0.1, -0.05) is 41.9 Å². The zero-order chi connectivity index (χ0) is 10.1. The Labute approximate surface area is 89.7 Å². The molecule has 1 nitrogen and oxygen atoms in total. The van der Waals surface area contributed by atoms with Gasteiger partial charge in [-0.25, -0.2) is 0 Å². The van der Waals surface area contributed by atoms with Crippen LogP contribution >= 0.6 is 15.9 Å². The van der Waals surface area contributed by atoms with Crippen molar-refractivity contribution in [1.82, 2.24) is 0 Å². The number of hydrogen-bond acceptors (Lipinski definition) is 1. The smallest absolute Gasteiger partial charge is 0.143 e. The quantitative estimate of drug-likeness (QED) is 0.380. The molecule has 0 aliphatic carbocycles. The molecule has 0 spiro atoms.